The molecule has 2 aromatic carbocycles. The molecule has 0 saturated carbocycles. The zero-order valence-electron chi connectivity index (χ0n) is 15.7. The fourth-order valence-electron chi connectivity index (χ4n) is 2.99. The number of carboxylic acid groups (broad SMARTS) is 1. The van der Waals surface area contributed by atoms with Gasteiger partial charge in [0.25, 0.3) is 0 Å². The van der Waals surface area contributed by atoms with E-state index in [0.717, 1.165) is 25.8 Å². The Hall–Kier alpha value is -2.39. The van der Waals surface area contributed by atoms with E-state index in [2.05, 4.69) is 80.3 Å². The Labute approximate surface area is 156 Å². The highest BCUT2D eigenvalue weighted by molar-refractivity contribution is 5.73. The van der Waals surface area contributed by atoms with E-state index in [9.17, 15) is 4.79 Å². The summed E-state index contributed by atoms with van der Waals surface area (Å²) in [5.41, 5.74) is 5.17. The van der Waals surface area contributed by atoms with Gasteiger partial charge in [-0.2, -0.15) is 0 Å². The minimum atomic E-state index is -0.723. The Morgan fingerprint density at radius 3 is 2.19 bits per heavy atom. The molecule has 1 saturated heterocycles. The van der Waals surface area contributed by atoms with Crippen LogP contribution in [0.15, 0.2) is 61.2 Å². The predicted molar refractivity (Wildman–Crippen MR) is 108 cm³/mol. The van der Waals surface area contributed by atoms with E-state index in [4.69, 9.17) is 5.11 Å². The van der Waals surface area contributed by atoms with E-state index in [-0.39, 0.29) is 6.04 Å². The number of nitrogens with one attached hydrogen (secondary N) is 1. The van der Waals surface area contributed by atoms with Crippen LogP contribution in [0.5, 0.6) is 0 Å². The lowest BCUT2D eigenvalue weighted by Crippen LogP contribution is -2.29. The Bertz CT molecular complexity index is 707. The van der Waals surface area contributed by atoms with E-state index in [1.807, 2.05) is 0 Å². The Kier molecular flexibility index (Phi) is 7.61. The molecule has 26 heavy (non-hydrogen) atoms. The molecular formula is C23H29NO2. The molecule has 0 bridgehead atoms. The molecule has 138 valence electrons. The van der Waals surface area contributed by atoms with Crippen LogP contribution in [0.3, 0.4) is 0 Å². The number of hydrogen-bond donors (Lipinski definition) is 2. The molecule has 1 aliphatic heterocycles. The number of hydrogen-bond acceptors (Lipinski definition) is 2. The topological polar surface area (TPSA) is 49.3 Å². The van der Waals surface area contributed by atoms with Crippen LogP contribution in [0.25, 0.3) is 5.57 Å². The molecule has 2 N–H and O–H groups in total. The number of rotatable bonds is 5. The largest absolute Gasteiger partial charge is 0.480 e. The number of carboxylic acids is 1. The van der Waals surface area contributed by atoms with Gasteiger partial charge in [0.15, 0.2) is 0 Å². The Morgan fingerprint density at radius 1 is 1.12 bits per heavy atom. The van der Waals surface area contributed by atoms with Crippen molar-refractivity contribution in [2.24, 2.45) is 5.92 Å². The fourth-order valence-corrected chi connectivity index (χ4v) is 2.99. The van der Waals surface area contributed by atoms with Gasteiger partial charge in [0.1, 0.15) is 6.04 Å². The van der Waals surface area contributed by atoms with Crippen molar-refractivity contribution < 1.29 is 9.90 Å². The molecule has 0 amide bonds. The van der Waals surface area contributed by atoms with Gasteiger partial charge in [0.05, 0.1) is 0 Å². The SMILES string of the molecule is C=C(CC)c1ccc(Cc2ccccc2)cc1.CC1CNC(C(=O)O)C1. The molecular weight excluding hydrogens is 322 g/mol. The second kappa shape index (κ2) is 9.93. The van der Waals surface area contributed by atoms with Crippen molar-refractivity contribution in [1.82, 2.24) is 5.32 Å². The van der Waals surface area contributed by atoms with Gasteiger partial charge in [0, 0.05) is 0 Å². The average molecular weight is 351 g/mol. The van der Waals surface area contributed by atoms with Gasteiger partial charge in [-0.3, -0.25) is 4.79 Å². The first-order valence-corrected chi connectivity index (χ1v) is 9.26. The molecule has 0 radical (unpaired) electrons. The third-order valence-corrected chi connectivity index (χ3v) is 4.69. The fraction of sp³-hybridized carbons (Fsp3) is 0.348. The first-order chi connectivity index (χ1) is 12.5. The highest BCUT2D eigenvalue weighted by Crippen LogP contribution is 2.17. The van der Waals surface area contributed by atoms with Gasteiger partial charge >= 0.3 is 5.97 Å². The van der Waals surface area contributed by atoms with Crippen LogP contribution in [0.4, 0.5) is 0 Å². The zero-order valence-corrected chi connectivity index (χ0v) is 15.7. The van der Waals surface area contributed by atoms with Gasteiger partial charge in [0.2, 0.25) is 0 Å². The molecule has 0 aromatic heterocycles. The van der Waals surface area contributed by atoms with Crippen LogP contribution in [0.1, 0.15) is 43.4 Å². The van der Waals surface area contributed by atoms with Crippen LogP contribution in [0.2, 0.25) is 0 Å². The molecule has 3 rings (SSSR count). The summed E-state index contributed by atoms with van der Waals surface area (Å²) in [4.78, 5) is 10.3. The molecule has 2 aromatic rings. The third kappa shape index (κ3) is 6.16. The first-order valence-electron chi connectivity index (χ1n) is 9.26. The highest BCUT2D eigenvalue weighted by Gasteiger charge is 2.25. The monoisotopic (exact) mass is 351 g/mol. The van der Waals surface area contributed by atoms with Crippen LogP contribution in [0, 0.1) is 5.92 Å². The smallest absolute Gasteiger partial charge is 0.320 e. The van der Waals surface area contributed by atoms with Crippen molar-refractivity contribution in [3.8, 4) is 0 Å². The van der Waals surface area contributed by atoms with Gasteiger partial charge < -0.3 is 10.4 Å². The number of allylic oxidation sites excluding steroid dienone is 1. The van der Waals surface area contributed by atoms with Gasteiger partial charge in [-0.1, -0.05) is 75.0 Å². The minimum Gasteiger partial charge on any atom is -0.480 e. The van der Waals surface area contributed by atoms with E-state index in [1.165, 1.54) is 22.3 Å². The van der Waals surface area contributed by atoms with Gasteiger partial charge in [-0.15, -0.1) is 0 Å². The molecule has 2 atom stereocenters. The lowest BCUT2D eigenvalue weighted by molar-refractivity contribution is -0.139. The summed E-state index contributed by atoms with van der Waals surface area (Å²) in [6.45, 7) is 9.09. The number of carbonyl (C=O) groups is 1. The Morgan fingerprint density at radius 2 is 1.73 bits per heavy atom. The standard InChI is InChI=1S/C17H18.C6H11NO2/c1-3-14(2)17-11-9-16(10-12-17)13-15-7-5-4-6-8-15;1-4-2-5(6(8)9)7-3-4/h4-12H,2-3,13H2,1H3;4-5,7H,2-3H2,1H3,(H,8,9). The van der Waals surface area contributed by atoms with Crippen LogP contribution < -0.4 is 5.32 Å². The predicted octanol–water partition coefficient (Wildman–Crippen LogP) is 4.77. The van der Waals surface area contributed by atoms with Crippen molar-refractivity contribution in [2.75, 3.05) is 6.54 Å². The summed E-state index contributed by atoms with van der Waals surface area (Å²) >= 11 is 0. The van der Waals surface area contributed by atoms with Crippen molar-refractivity contribution >= 4 is 11.5 Å². The lowest BCUT2D eigenvalue weighted by Gasteiger charge is -2.05. The van der Waals surface area contributed by atoms with Crippen molar-refractivity contribution in [3.63, 3.8) is 0 Å². The highest BCUT2D eigenvalue weighted by atomic mass is 16.4. The summed E-state index contributed by atoms with van der Waals surface area (Å²) in [5, 5.41) is 11.4. The second-order valence-electron chi connectivity index (χ2n) is 6.96. The van der Waals surface area contributed by atoms with Crippen LogP contribution in [-0.4, -0.2) is 23.7 Å². The molecule has 2 unspecified atom stereocenters. The van der Waals surface area contributed by atoms with Crippen molar-refractivity contribution in [3.05, 3.63) is 77.9 Å². The molecule has 1 heterocycles. The van der Waals surface area contributed by atoms with Crippen molar-refractivity contribution in [2.45, 2.75) is 39.2 Å². The van der Waals surface area contributed by atoms with E-state index in [1.54, 1.807) is 0 Å². The molecule has 1 aliphatic rings. The van der Waals surface area contributed by atoms with Gasteiger partial charge in [-0.25, -0.2) is 0 Å². The lowest BCUT2D eigenvalue weighted by atomic mass is 10.0. The molecule has 0 spiro atoms. The number of aliphatic carboxylic acids is 1. The second-order valence-corrected chi connectivity index (χ2v) is 6.96. The van der Waals surface area contributed by atoms with E-state index < -0.39 is 5.97 Å². The number of benzene rings is 2. The van der Waals surface area contributed by atoms with E-state index >= 15 is 0 Å². The Balaban J connectivity index is 0.000000228. The maximum Gasteiger partial charge on any atom is 0.320 e. The molecule has 3 heteroatoms. The van der Waals surface area contributed by atoms with Crippen molar-refractivity contribution in [1.29, 1.82) is 0 Å². The average Bonchev–Trinajstić information content (AvgIpc) is 3.10. The summed E-state index contributed by atoms with van der Waals surface area (Å²) in [6.07, 6.45) is 2.78. The molecule has 0 aliphatic carbocycles. The quantitative estimate of drug-likeness (QED) is 0.816. The normalized spacial score (nSPS) is 18.7. The van der Waals surface area contributed by atoms with Crippen LogP contribution in [-0.2, 0) is 11.2 Å². The third-order valence-electron chi connectivity index (χ3n) is 4.69. The summed E-state index contributed by atoms with van der Waals surface area (Å²) in [7, 11) is 0. The summed E-state index contributed by atoms with van der Waals surface area (Å²) in [5.74, 6) is -0.203. The summed E-state index contributed by atoms with van der Waals surface area (Å²) < 4.78 is 0. The van der Waals surface area contributed by atoms with E-state index in [0.29, 0.717) is 5.92 Å². The maximum absolute atomic E-state index is 10.3. The first kappa shape index (κ1) is 19.9. The minimum absolute atomic E-state index is 0.292. The maximum atomic E-state index is 10.3. The van der Waals surface area contributed by atoms with Crippen LogP contribution >= 0.6 is 0 Å². The zero-order chi connectivity index (χ0) is 18.9. The molecule has 1 fully saturated rings. The summed E-state index contributed by atoms with van der Waals surface area (Å²) in [6, 6.07) is 19.0. The van der Waals surface area contributed by atoms with Gasteiger partial charge in [-0.05, 0) is 54.0 Å². The molecule has 3 nitrogen and oxygen atoms in total.